The lowest BCUT2D eigenvalue weighted by Crippen LogP contribution is -2.16. The second-order valence-corrected chi connectivity index (χ2v) is 8.55. The first-order valence-electron chi connectivity index (χ1n) is 7.05. The molecule has 0 radical (unpaired) electrons. The van der Waals surface area contributed by atoms with Gasteiger partial charge in [-0.3, -0.25) is 4.72 Å². The monoisotopic (exact) mass is 378 g/mol. The van der Waals surface area contributed by atoms with E-state index in [-0.39, 0.29) is 21.2 Å². The highest BCUT2D eigenvalue weighted by molar-refractivity contribution is 7.93. The number of phenols is 1. The molecule has 3 rings (SSSR count). The molecule has 0 spiro atoms. The Morgan fingerprint density at radius 2 is 1.40 bits per heavy atom. The first-order valence-corrected chi connectivity index (χ1v) is 10.1. The van der Waals surface area contributed by atoms with Crippen LogP contribution < -0.4 is 9.86 Å². The Morgan fingerprint density at radius 1 is 0.800 bits per heavy atom. The third kappa shape index (κ3) is 3.43. The van der Waals surface area contributed by atoms with Crippen molar-refractivity contribution in [2.45, 2.75) is 9.79 Å². The minimum absolute atomic E-state index is 0.0229. The number of fused-ring (bicyclic) bond motifs is 1. The van der Waals surface area contributed by atoms with Gasteiger partial charge >= 0.3 is 0 Å². The molecule has 0 saturated heterocycles. The van der Waals surface area contributed by atoms with Crippen LogP contribution in [-0.4, -0.2) is 21.9 Å². The van der Waals surface area contributed by atoms with Crippen LogP contribution >= 0.6 is 0 Å². The number of aromatic hydroxyl groups is 1. The molecular formula is C16H14N2O5S2. The molecule has 0 fully saturated rings. The zero-order valence-corrected chi connectivity index (χ0v) is 14.4. The van der Waals surface area contributed by atoms with Gasteiger partial charge in [0.15, 0.2) is 0 Å². The standard InChI is InChI=1S/C16H14N2O5S2/c17-24(20,21)11-4-1-5-12(10-11)25(22,23)18-15-8-2-7-14-13(15)6-3-9-16(14)19/h1-10,18-19H,(H2,17,20,21). The van der Waals surface area contributed by atoms with Gasteiger partial charge in [0.1, 0.15) is 5.75 Å². The highest BCUT2D eigenvalue weighted by Gasteiger charge is 2.18. The first kappa shape index (κ1) is 17.2. The molecule has 3 aromatic rings. The Hall–Kier alpha value is -2.62. The fraction of sp³-hybridized carbons (Fsp3) is 0. The Balaban J connectivity index is 2.08. The van der Waals surface area contributed by atoms with Crippen molar-refractivity contribution in [3.05, 3.63) is 60.7 Å². The molecule has 0 amide bonds. The number of phenolic OH excluding ortho intramolecular Hbond substituents is 1. The minimum Gasteiger partial charge on any atom is -0.507 e. The van der Waals surface area contributed by atoms with Gasteiger partial charge in [-0.15, -0.1) is 0 Å². The van der Waals surface area contributed by atoms with Gasteiger partial charge in [-0.1, -0.05) is 30.3 Å². The van der Waals surface area contributed by atoms with E-state index in [0.717, 1.165) is 6.07 Å². The largest absolute Gasteiger partial charge is 0.507 e. The zero-order chi connectivity index (χ0) is 18.2. The number of sulfonamides is 2. The molecular weight excluding hydrogens is 364 g/mol. The predicted molar refractivity (Wildman–Crippen MR) is 94.2 cm³/mol. The van der Waals surface area contributed by atoms with Gasteiger partial charge < -0.3 is 5.11 Å². The molecule has 0 atom stereocenters. The molecule has 3 aromatic carbocycles. The molecule has 25 heavy (non-hydrogen) atoms. The van der Waals surface area contributed by atoms with E-state index in [2.05, 4.69) is 4.72 Å². The van der Waals surface area contributed by atoms with Crippen LogP contribution in [0.5, 0.6) is 5.75 Å². The maximum atomic E-state index is 12.6. The van der Waals surface area contributed by atoms with E-state index in [9.17, 15) is 21.9 Å². The van der Waals surface area contributed by atoms with Gasteiger partial charge in [0.05, 0.1) is 15.5 Å². The summed E-state index contributed by atoms with van der Waals surface area (Å²) in [5.74, 6) is 0.0229. The SMILES string of the molecule is NS(=O)(=O)c1cccc(S(=O)(=O)Nc2cccc3c(O)cccc23)c1. The van der Waals surface area contributed by atoms with Crippen molar-refractivity contribution in [1.29, 1.82) is 0 Å². The number of nitrogens with one attached hydrogen (secondary N) is 1. The lowest BCUT2D eigenvalue weighted by molar-refractivity contribution is 0.481. The van der Waals surface area contributed by atoms with Gasteiger partial charge in [-0.05, 0) is 30.3 Å². The summed E-state index contributed by atoms with van der Waals surface area (Å²) in [6, 6.07) is 14.3. The fourth-order valence-corrected chi connectivity index (χ4v) is 4.16. The van der Waals surface area contributed by atoms with Crippen molar-refractivity contribution in [3.8, 4) is 5.75 Å². The molecule has 0 aromatic heterocycles. The average Bonchev–Trinajstić information content (AvgIpc) is 2.55. The summed E-state index contributed by atoms with van der Waals surface area (Å²) < 4.78 is 50.4. The van der Waals surface area contributed by atoms with Gasteiger partial charge in [-0.2, -0.15) is 0 Å². The third-order valence-electron chi connectivity index (χ3n) is 3.59. The summed E-state index contributed by atoms with van der Waals surface area (Å²) in [4.78, 5) is -0.540. The molecule has 0 heterocycles. The maximum Gasteiger partial charge on any atom is 0.261 e. The summed E-state index contributed by atoms with van der Waals surface area (Å²) >= 11 is 0. The van der Waals surface area contributed by atoms with Gasteiger partial charge in [0, 0.05) is 10.8 Å². The second kappa shape index (κ2) is 6.03. The normalized spacial score (nSPS) is 12.2. The van der Waals surface area contributed by atoms with Crippen LogP contribution in [0.4, 0.5) is 5.69 Å². The van der Waals surface area contributed by atoms with Crippen molar-refractivity contribution in [2.24, 2.45) is 5.14 Å². The van der Waals surface area contributed by atoms with Crippen LogP contribution in [0.25, 0.3) is 10.8 Å². The highest BCUT2D eigenvalue weighted by atomic mass is 32.2. The Labute approximate surface area is 144 Å². The van der Waals surface area contributed by atoms with E-state index in [0.29, 0.717) is 10.8 Å². The van der Waals surface area contributed by atoms with Crippen LogP contribution in [-0.2, 0) is 20.0 Å². The van der Waals surface area contributed by atoms with E-state index >= 15 is 0 Å². The van der Waals surface area contributed by atoms with Crippen LogP contribution in [0.3, 0.4) is 0 Å². The average molecular weight is 378 g/mol. The van der Waals surface area contributed by atoms with E-state index in [1.165, 1.54) is 24.3 Å². The number of primary sulfonamides is 1. The molecule has 0 unspecified atom stereocenters. The van der Waals surface area contributed by atoms with Gasteiger partial charge in [0.2, 0.25) is 10.0 Å². The summed E-state index contributed by atoms with van der Waals surface area (Å²) in [7, 11) is -8.08. The van der Waals surface area contributed by atoms with Crippen molar-refractivity contribution in [3.63, 3.8) is 0 Å². The first-order chi connectivity index (χ1) is 11.7. The van der Waals surface area contributed by atoms with Crippen LogP contribution in [0, 0.1) is 0 Å². The molecule has 7 nitrogen and oxygen atoms in total. The van der Waals surface area contributed by atoms with Crippen molar-refractivity contribution in [2.75, 3.05) is 4.72 Å². The van der Waals surface area contributed by atoms with Crippen molar-refractivity contribution in [1.82, 2.24) is 0 Å². The fourth-order valence-electron chi connectivity index (χ4n) is 2.40. The number of nitrogens with two attached hydrogens (primary N) is 1. The quantitative estimate of drug-likeness (QED) is 0.640. The molecule has 9 heteroatoms. The lowest BCUT2D eigenvalue weighted by atomic mass is 10.1. The summed E-state index contributed by atoms with van der Waals surface area (Å²) in [5.41, 5.74) is 0.259. The Morgan fingerprint density at radius 3 is 2.12 bits per heavy atom. The van der Waals surface area contributed by atoms with Crippen LogP contribution in [0.1, 0.15) is 0 Å². The van der Waals surface area contributed by atoms with E-state index in [1.54, 1.807) is 30.3 Å². The second-order valence-electron chi connectivity index (χ2n) is 5.30. The predicted octanol–water partition coefficient (Wildman–Crippen LogP) is 1.99. The molecule has 0 aliphatic carbocycles. The lowest BCUT2D eigenvalue weighted by Gasteiger charge is -2.12. The Bertz CT molecular complexity index is 1170. The zero-order valence-electron chi connectivity index (χ0n) is 12.7. The topological polar surface area (TPSA) is 127 Å². The molecule has 4 N–H and O–H groups in total. The number of hydrogen-bond acceptors (Lipinski definition) is 5. The number of rotatable bonds is 4. The van der Waals surface area contributed by atoms with E-state index in [1.807, 2.05) is 0 Å². The minimum atomic E-state index is -4.05. The molecule has 0 aliphatic heterocycles. The molecule has 0 aliphatic rings. The van der Waals surface area contributed by atoms with E-state index in [4.69, 9.17) is 5.14 Å². The van der Waals surface area contributed by atoms with Crippen molar-refractivity contribution < 1.29 is 21.9 Å². The van der Waals surface area contributed by atoms with E-state index < -0.39 is 20.0 Å². The van der Waals surface area contributed by atoms with Crippen LogP contribution in [0.15, 0.2) is 70.5 Å². The number of benzene rings is 3. The van der Waals surface area contributed by atoms with Crippen molar-refractivity contribution >= 4 is 36.5 Å². The highest BCUT2D eigenvalue weighted by Crippen LogP contribution is 2.31. The Kier molecular flexibility index (Phi) is 4.15. The molecule has 0 saturated carbocycles. The summed E-state index contributed by atoms with van der Waals surface area (Å²) in [5, 5.41) is 15.9. The number of anilines is 1. The molecule has 0 bridgehead atoms. The summed E-state index contributed by atoms with van der Waals surface area (Å²) in [6.45, 7) is 0. The number of hydrogen-bond donors (Lipinski definition) is 3. The molecule has 130 valence electrons. The van der Waals surface area contributed by atoms with Gasteiger partial charge in [0.25, 0.3) is 10.0 Å². The van der Waals surface area contributed by atoms with Gasteiger partial charge in [-0.25, -0.2) is 22.0 Å². The maximum absolute atomic E-state index is 12.6. The summed E-state index contributed by atoms with van der Waals surface area (Å²) in [6.07, 6.45) is 0. The van der Waals surface area contributed by atoms with Crippen LogP contribution in [0.2, 0.25) is 0 Å². The smallest absolute Gasteiger partial charge is 0.261 e. The third-order valence-corrected chi connectivity index (χ3v) is 5.86.